The third-order valence-electron chi connectivity index (χ3n) is 5.90. The number of hydrogen-bond donors (Lipinski definition) is 0. The van der Waals surface area contributed by atoms with Gasteiger partial charge in [0.15, 0.2) is 9.84 Å². The Morgan fingerprint density at radius 3 is 2.17 bits per heavy atom. The van der Waals surface area contributed by atoms with Crippen LogP contribution in [-0.4, -0.2) is 44.2 Å². The van der Waals surface area contributed by atoms with Gasteiger partial charge in [-0.05, 0) is 84.1 Å². The minimum Gasteiger partial charge on any atom is -0.372 e. The fourth-order valence-electron chi connectivity index (χ4n) is 3.99. The Morgan fingerprint density at radius 2 is 1.59 bits per heavy atom. The monoisotopic (exact) mass is 423 g/mol. The molecule has 0 bridgehead atoms. The Kier molecular flexibility index (Phi) is 8.59. The third kappa shape index (κ3) is 7.29. The Bertz CT molecular complexity index is 742. The minimum absolute atomic E-state index is 0.275. The smallest absolute Gasteiger partial charge is 0.155 e. The van der Waals surface area contributed by atoms with Gasteiger partial charge in [-0.15, -0.1) is 0 Å². The van der Waals surface area contributed by atoms with Crippen molar-refractivity contribution in [3.8, 4) is 0 Å². The predicted octanol–water partition coefficient (Wildman–Crippen LogP) is 5.31. The molecule has 2 rings (SSSR count). The van der Waals surface area contributed by atoms with E-state index in [-0.39, 0.29) is 12.2 Å². The average molecular weight is 424 g/mol. The second kappa shape index (κ2) is 10.3. The van der Waals surface area contributed by atoms with Gasteiger partial charge in [-0.1, -0.05) is 25.3 Å². The first-order valence-corrected chi connectivity index (χ1v) is 12.9. The van der Waals surface area contributed by atoms with Crippen LogP contribution in [0, 0.1) is 6.92 Å². The Labute approximate surface area is 178 Å². The van der Waals surface area contributed by atoms with E-state index in [0.717, 1.165) is 51.6 Å². The van der Waals surface area contributed by atoms with Crippen molar-refractivity contribution in [2.45, 2.75) is 97.0 Å². The largest absolute Gasteiger partial charge is 0.372 e. The summed E-state index contributed by atoms with van der Waals surface area (Å²) in [5.74, 6) is 0.315. The molecule has 0 spiro atoms. The lowest BCUT2D eigenvalue weighted by molar-refractivity contribution is -0.00522. The first-order chi connectivity index (χ1) is 13.5. The zero-order chi connectivity index (χ0) is 21.7. The molecule has 0 amide bonds. The van der Waals surface area contributed by atoms with E-state index < -0.39 is 14.6 Å². The molecule has 0 saturated carbocycles. The highest BCUT2D eigenvalue weighted by atomic mass is 32.2. The van der Waals surface area contributed by atoms with Gasteiger partial charge in [0.2, 0.25) is 0 Å². The molecule has 1 aliphatic rings. The molecule has 2 atom stereocenters. The molecule has 1 aromatic rings. The van der Waals surface area contributed by atoms with E-state index in [1.807, 2.05) is 0 Å². The van der Waals surface area contributed by atoms with Gasteiger partial charge in [-0.25, -0.2) is 8.42 Å². The summed E-state index contributed by atoms with van der Waals surface area (Å²) in [5, 5.41) is 0. The quantitative estimate of drug-likeness (QED) is 0.505. The van der Waals surface area contributed by atoms with Crippen LogP contribution in [0.25, 0.3) is 0 Å². The molecular weight excluding hydrogens is 382 g/mol. The molecule has 1 fully saturated rings. The number of sulfone groups is 1. The van der Waals surface area contributed by atoms with E-state index >= 15 is 0 Å². The van der Waals surface area contributed by atoms with Gasteiger partial charge in [0.1, 0.15) is 0 Å². The van der Waals surface area contributed by atoms with Crippen LogP contribution in [0.4, 0.5) is 5.69 Å². The SMILES string of the molecule is Cc1cc(N2C[C@@H](C)O[C@@H](C)C2)ccc1CCCCCCCS(=O)(=O)C(C)(C)C. The van der Waals surface area contributed by atoms with Crippen LogP contribution in [-0.2, 0) is 21.0 Å². The van der Waals surface area contributed by atoms with Crippen molar-refractivity contribution < 1.29 is 13.2 Å². The lowest BCUT2D eigenvalue weighted by Crippen LogP contribution is -2.45. The fraction of sp³-hybridized carbons (Fsp3) is 0.750. The molecule has 0 unspecified atom stereocenters. The van der Waals surface area contributed by atoms with E-state index in [2.05, 4.69) is 43.9 Å². The van der Waals surface area contributed by atoms with Crippen molar-refractivity contribution in [3.05, 3.63) is 29.3 Å². The number of hydrogen-bond acceptors (Lipinski definition) is 4. The topological polar surface area (TPSA) is 46.6 Å². The molecule has 1 aromatic carbocycles. The first-order valence-electron chi connectivity index (χ1n) is 11.2. The summed E-state index contributed by atoms with van der Waals surface area (Å²) in [6.07, 6.45) is 6.87. The molecule has 5 heteroatoms. The summed E-state index contributed by atoms with van der Waals surface area (Å²) in [6, 6.07) is 6.85. The van der Waals surface area contributed by atoms with E-state index in [1.54, 1.807) is 20.8 Å². The number of benzene rings is 1. The third-order valence-corrected chi connectivity index (χ3v) is 8.60. The van der Waals surface area contributed by atoms with Crippen LogP contribution in [0.15, 0.2) is 18.2 Å². The Balaban J connectivity index is 1.72. The van der Waals surface area contributed by atoms with Gasteiger partial charge >= 0.3 is 0 Å². The van der Waals surface area contributed by atoms with Gasteiger partial charge in [0, 0.05) is 18.8 Å². The summed E-state index contributed by atoms with van der Waals surface area (Å²) in [7, 11) is -2.97. The van der Waals surface area contributed by atoms with Crippen molar-refractivity contribution in [3.63, 3.8) is 0 Å². The number of aryl methyl sites for hydroxylation is 2. The van der Waals surface area contributed by atoms with Crippen LogP contribution < -0.4 is 4.90 Å². The second-order valence-electron chi connectivity index (χ2n) is 9.72. The number of anilines is 1. The molecule has 0 radical (unpaired) electrons. The van der Waals surface area contributed by atoms with E-state index in [0.29, 0.717) is 5.75 Å². The molecule has 0 aliphatic carbocycles. The number of ether oxygens (including phenoxy) is 1. The summed E-state index contributed by atoms with van der Waals surface area (Å²) in [6.45, 7) is 13.8. The lowest BCUT2D eigenvalue weighted by Gasteiger charge is -2.37. The average Bonchev–Trinajstić information content (AvgIpc) is 2.60. The van der Waals surface area contributed by atoms with Crippen LogP contribution in [0.3, 0.4) is 0 Å². The zero-order valence-corrected chi connectivity index (χ0v) is 20.1. The maximum absolute atomic E-state index is 12.1. The highest BCUT2D eigenvalue weighted by Crippen LogP contribution is 2.24. The molecule has 1 heterocycles. The summed E-state index contributed by atoms with van der Waals surface area (Å²) >= 11 is 0. The molecular formula is C24H41NO3S. The Hall–Kier alpha value is -1.07. The molecule has 1 saturated heterocycles. The standard InChI is InChI=1S/C24H41NO3S/c1-19-16-23(25-17-20(2)28-21(3)18-25)14-13-22(19)12-10-8-7-9-11-15-29(26,27)24(4,5)6/h13-14,16,20-21H,7-12,15,17-18H2,1-6H3/t20-,21+. The number of rotatable bonds is 9. The van der Waals surface area contributed by atoms with Gasteiger partial charge in [0.25, 0.3) is 0 Å². The predicted molar refractivity (Wildman–Crippen MR) is 124 cm³/mol. The van der Waals surface area contributed by atoms with Gasteiger partial charge < -0.3 is 9.64 Å². The maximum Gasteiger partial charge on any atom is 0.155 e. The summed E-state index contributed by atoms with van der Waals surface area (Å²) < 4.78 is 29.5. The highest BCUT2D eigenvalue weighted by molar-refractivity contribution is 7.92. The zero-order valence-electron chi connectivity index (χ0n) is 19.3. The van der Waals surface area contributed by atoms with Gasteiger partial charge in [-0.3, -0.25) is 0 Å². The number of morpholine rings is 1. The molecule has 166 valence electrons. The second-order valence-corrected chi connectivity index (χ2v) is 12.6. The van der Waals surface area contributed by atoms with E-state index in [1.165, 1.54) is 16.8 Å². The highest BCUT2D eigenvalue weighted by Gasteiger charge is 2.28. The van der Waals surface area contributed by atoms with Crippen molar-refractivity contribution in [2.24, 2.45) is 0 Å². The first kappa shape index (κ1) is 24.2. The van der Waals surface area contributed by atoms with E-state index in [9.17, 15) is 8.42 Å². The lowest BCUT2D eigenvalue weighted by atomic mass is 10.0. The van der Waals surface area contributed by atoms with Crippen LogP contribution in [0.5, 0.6) is 0 Å². The molecule has 0 aromatic heterocycles. The van der Waals surface area contributed by atoms with Gasteiger partial charge in [-0.2, -0.15) is 0 Å². The van der Waals surface area contributed by atoms with Gasteiger partial charge in [0.05, 0.1) is 22.7 Å². The van der Waals surface area contributed by atoms with Crippen molar-refractivity contribution in [1.82, 2.24) is 0 Å². The number of nitrogens with zero attached hydrogens (tertiary/aromatic N) is 1. The fourth-order valence-corrected chi connectivity index (χ4v) is 5.19. The number of unbranched alkanes of at least 4 members (excludes halogenated alkanes) is 4. The summed E-state index contributed by atoms with van der Waals surface area (Å²) in [4.78, 5) is 2.43. The molecule has 0 N–H and O–H groups in total. The van der Waals surface area contributed by atoms with Crippen LogP contribution >= 0.6 is 0 Å². The van der Waals surface area contributed by atoms with Crippen LogP contribution in [0.2, 0.25) is 0 Å². The normalized spacial score (nSPS) is 20.8. The molecule has 29 heavy (non-hydrogen) atoms. The summed E-state index contributed by atoms with van der Waals surface area (Å²) in [5.41, 5.74) is 4.09. The minimum atomic E-state index is -2.97. The van der Waals surface area contributed by atoms with Crippen LogP contribution in [0.1, 0.15) is 77.8 Å². The molecule has 1 aliphatic heterocycles. The molecule has 4 nitrogen and oxygen atoms in total. The van der Waals surface area contributed by atoms with Crippen molar-refractivity contribution >= 4 is 15.5 Å². The Morgan fingerprint density at radius 1 is 1.00 bits per heavy atom. The maximum atomic E-state index is 12.1. The van der Waals surface area contributed by atoms with Crippen molar-refractivity contribution in [2.75, 3.05) is 23.7 Å². The van der Waals surface area contributed by atoms with E-state index in [4.69, 9.17) is 4.74 Å². The van der Waals surface area contributed by atoms with Crippen molar-refractivity contribution in [1.29, 1.82) is 0 Å².